The SMILES string of the molecule is CCc1ccc(/C=C(\C#N)C(=O)Nc2cccc(Cl)c2Cl)cc1[N+](=O)[O-]. The zero-order valence-electron chi connectivity index (χ0n) is 13.6. The van der Waals surface area contributed by atoms with Gasteiger partial charge in [-0.1, -0.05) is 48.3 Å². The van der Waals surface area contributed by atoms with Gasteiger partial charge in [-0.05, 0) is 30.2 Å². The molecular weight excluding hydrogens is 377 g/mol. The van der Waals surface area contributed by atoms with Crippen molar-refractivity contribution in [2.45, 2.75) is 13.3 Å². The normalized spacial score (nSPS) is 10.9. The molecule has 1 N–H and O–H groups in total. The second-order valence-electron chi connectivity index (χ2n) is 5.22. The van der Waals surface area contributed by atoms with E-state index in [0.29, 0.717) is 17.5 Å². The Balaban J connectivity index is 2.34. The maximum atomic E-state index is 12.3. The Labute approximate surface area is 159 Å². The number of nitrogens with one attached hydrogen (secondary N) is 1. The van der Waals surface area contributed by atoms with Crippen molar-refractivity contribution in [3.05, 3.63) is 73.3 Å². The van der Waals surface area contributed by atoms with Crippen LogP contribution in [0.2, 0.25) is 10.0 Å². The smallest absolute Gasteiger partial charge is 0.273 e. The van der Waals surface area contributed by atoms with Crippen molar-refractivity contribution in [3.8, 4) is 6.07 Å². The lowest BCUT2D eigenvalue weighted by molar-refractivity contribution is -0.385. The Hall–Kier alpha value is -2.88. The van der Waals surface area contributed by atoms with Crippen LogP contribution >= 0.6 is 23.2 Å². The quantitative estimate of drug-likeness (QED) is 0.336. The van der Waals surface area contributed by atoms with E-state index in [9.17, 15) is 20.2 Å². The summed E-state index contributed by atoms with van der Waals surface area (Å²) in [4.78, 5) is 23.0. The Morgan fingerprint density at radius 3 is 2.69 bits per heavy atom. The topological polar surface area (TPSA) is 96.0 Å². The predicted octanol–water partition coefficient (Wildman–Crippen LogP) is 5.01. The van der Waals surface area contributed by atoms with Gasteiger partial charge in [-0.3, -0.25) is 14.9 Å². The van der Waals surface area contributed by atoms with E-state index >= 15 is 0 Å². The highest BCUT2D eigenvalue weighted by Crippen LogP contribution is 2.30. The number of halogens is 2. The maximum Gasteiger partial charge on any atom is 0.273 e. The molecule has 0 atom stereocenters. The molecule has 0 unspecified atom stereocenters. The molecule has 0 aliphatic heterocycles. The Morgan fingerprint density at radius 1 is 1.35 bits per heavy atom. The summed E-state index contributed by atoms with van der Waals surface area (Å²) >= 11 is 11.9. The number of amides is 1. The van der Waals surface area contributed by atoms with Crippen molar-refractivity contribution in [2.75, 3.05) is 5.32 Å². The first-order chi connectivity index (χ1) is 12.4. The van der Waals surface area contributed by atoms with Crippen LogP contribution in [0, 0.1) is 21.4 Å². The van der Waals surface area contributed by atoms with Gasteiger partial charge in [0, 0.05) is 11.6 Å². The highest BCUT2D eigenvalue weighted by Gasteiger charge is 2.15. The van der Waals surface area contributed by atoms with E-state index in [4.69, 9.17) is 23.2 Å². The van der Waals surface area contributed by atoms with Crippen LogP contribution in [0.25, 0.3) is 6.08 Å². The molecule has 0 aliphatic rings. The summed E-state index contributed by atoms with van der Waals surface area (Å²) in [6, 6.07) is 11.0. The average molecular weight is 390 g/mol. The molecule has 2 aromatic rings. The minimum atomic E-state index is -0.695. The average Bonchev–Trinajstić information content (AvgIpc) is 2.63. The van der Waals surface area contributed by atoms with Gasteiger partial charge in [-0.25, -0.2) is 0 Å². The zero-order valence-corrected chi connectivity index (χ0v) is 15.1. The van der Waals surface area contributed by atoms with Gasteiger partial charge in [0.05, 0.1) is 20.7 Å². The number of hydrogen-bond acceptors (Lipinski definition) is 4. The Kier molecular flexibility index (Phi) is 6.34. The van der Waals surface area contributed by atoms with Crippen molar-refractivity contribution in [3.63, 3.8) is 0 Å². The van der Waals surface area contributed by atoms with Gasteiger partial charge in [0.15, 0.2) is 0 Å². The van der Waals surface area contributed by atoms with Gasteiger partial charge in [-0.2, -0.15) is 5.26 Å². The summed E-state index contributed by atoms with van der Waals surface area (Å²) in [5.41, 5.74) is 0.924. The largest absolute Gasteiger partial charge is 0.320 e. The van der Waals surface area contributed by atoms with E-state index in [-0.39, 0.29) is 27.0 Å². The van der Waals surface area contributed by atoms with Crippen LogP contribution in [0.1, 0.15) is 18.1 Å². The molecule has 8 heteroatoms. The van der Waals surface area contributed by atoms with E-state index < -0.39 is 10.8 Å². The number of nitriles is 1. The number of aryl methyl sites for hydroxylation is 1. The van der Waals surface area contributed by atoms with Crippen LogP contribution < -0.4 is 5.32 Å². The summed E-state index contributed by atoms with van der Waals surface area (Å²) < 4.78 is 0. The van der Waals surface area contributed by atoms with Crippen LogP contribution in [0.15, 0.2) is 42.0 Å². The van der Waals surface area contributed by atoms with Crippen molar-refractivity contribution in [1.29, 1.82) is 5.26 Å². The van der Waals surface area contributed by atoms with Crippen molar-refractivity contribution in [1.82, 2.24) is 0 Å². The minimum absolute atomic E-state index is 0.0585. The number of carbonyl (C=O) groups excluding carboxylic acids is 1. The molecule has 0 heterocycles. The number of anilines is 1. The fraction of sp³-hybridized carbons (Fsp3) is 0.111. The molecule has 0 saturated carbocycles. The molecule has 0 spiro atoms. The zero-order chi connectivity index (χ0) is 19.3. The summed E-state index contributed by atoms with van der Waals surface area (Å²) in [7, 11) is 0. The van der Waals surface area contributed by atoms with Gasteiger partial charge in [0.2, 0.25) is 0 Å². The first kappa shape index (κ1) is 19.4. The molecule has 132 valence electrons. The molecule has 0 fully saturated rings. The van der Waals surface area contributed by atoms with Crippen LogP contribution in [-0.2, 0) is 11.2 Å². The monoisotopic (exact) mass is 389 g/mol. The summed E-state index contributed by atoms with van der Waals surface area (Å²) in [6.45, 7) is 1.81. The molecule has 26 heavy (non-hydrogen) atoms. The second-order valence-corrected chi connectivity index (χ2v) is 6.01. The maximum absolute atomic E-state index is 12.3. The third-order valence-corrected chi connectivity index (χ3v) is 4.38. The Bertz CT molecular complexity index is 949. The first-order valence-electron chi connectivity index (χ1n) is 7.51. The fourth-order valence-electron chi connectivity index (χ4n) is 2.24. The Morgan fingerprint density at radius 2 is 2.08 bits per heavy atom. The molecule has 2 rings (SSSR count). The predicted molar refractivity (Wildman–Crippen MR) is 101 cm³/mol. The second kappa shape index (κ2) is 8.48. The lowest BCUT2D eigenvalue weighted by atomic mass is 10.0. The molecule has 6 nitrogen and oxygen atoms in total. The van der Waals surface area contributed by atoms with Crippen LogP contribution in [-0.4, -0.2) is 10.8 Å². The van der Waals surface area contributed by atoms with E-state index in [2.05, 4.69) is 5.32 Å². The van der Waals surface area contributed by atoms with Crippen molar-refractivity contribution >= 4 is 46.6 Å². The number of hydrogen-bond donors (Lipinski definition) is 1. The lowest BCUT2D eigenvalue weighted by Gasteiger charge is -2.07. The van der Waals surface area contributed by atoms with Crippen molar-refractivity contribution in [2.24, 2.45) is 0 Å². The summed E-state index contributed by atoms with van der Waals surface area (Å²) in [5, 5.41) is 23.3. The molecular formula is C18H13Cl2N3O3. The van der Waals surface area contributed by atoms with E-state index in [1.807, 2.05) is 0 Å². The number of rotatable bonds is 5. The van der Waals surface area contributed by atoms with Gasteiger partial charge in [0.1, 0.15) is 11.6 Å². The third-order valence-electron chi connectivity index (χ3n) is 3.56. The van der Waals surface area contributed by atoms with E-state index in [0.717, 1.165) is 0 Å². The molecule has 0 saturated heterocycles. The van der Waals surface area contributed by atoms with Crippen LogP contribution in [0.4, 0.5) is 11.4 Å². The number of nitro groups is 1. The standard InChI is InChI=1S/C18H13Cl2N3O3/c1-2-12-7-6-11(9-16(12)23(25)26)8-13(10-21)18(24)22-15-5-3-4-14(19)17(15)20/h3-9H,2H2,1H3,(H,22,24)/b13-8+. The fourth-order valence-corrected chi connectivity index (χ4v) is 2.59. The van der Waals surface area contributed by atoms with Crippen molar-refractivity contribution < 1.29 is 9.72 Å². The third kappa shape index (κ3) is 4.39. The molecule has 1 amide bonds. The first-order valence-corrected chi connectivity index (χ1v) is 8.27. The molecule has 0 bridgehead atoms. The van der Waals surface area contributed by atoms with Gasteiger partial charge < -0.3 is 5.32 Å². The molecule has 2 aromatic carbocycles. The van der Waals surface area contributed by atoms with Gasteiger partial charge in [0.25, 0.3) is 11.6 Å². The highest BCUT2D eigenvalue weighted by molar-refractivity contribution is 6.44. The summed E-state index contributed by atoms with van der Waals surface area (Å²) in [5.74, 6) is -0.695. The van der Waals surface area contributed by atoms with E-state index in [1.54, 1.807) is 43.3 Å². The molecule has 0 aromatic heterocycles. The summed E-state index contributed by atoms with van der Waals surface area (Å²) in [6.07, 6.45) is 1.78. The van der Waals surface area contributed by atoms with Crippen LogP contribution in [0.3, 0.4) is 0 Å². The highest BCUT2D eigenvalue weighted by atomic mass is 35.5. The van der Waals surface area contributed by atoms with E-state index in [1.165, 1.54) is 12.1 Å². The number of benzene rings is 2. The number of nitro benzene ring substituents is 1. The molecule has 0 radical (unpaired) electrons. The molecule has 0 aliphatic carbocycles. The number of nitrogens with zero attached hydrogens (tertiary/aromatic N) is 2. The lowest BCUT2D eigenvalue weighted by Crippen LogP contribution is -2.13. The number of carbonyl (C=O) groups is 1. The van der Waals surface area contributed by atoms with Gasteiger partial charge >= 0.3 is 0 Å². The van der Waals surface area contributed by atoms with Crippen LogP contribution in [0.5, 0.6) is 0 Å². The van der Waals surface area contributed by atoms with Gasteiger partial charge in [-0.15, -0.1) is 0 Å². The minimum Gasteiger partial charge on any atom is -0.320 e.